The molecule has 0 bridgehead atoms. The molecule has 0 amide bonds. The molecule has 1 N–H and O–H groups in total. The lowest BCUT2D eigenvalue weighted by Crippen LogP contribution is -2.05. The minimum atomic E-state index is -4.48. The largest absolute Gasteiger partial charge is 0.487 e. The zero-order chi connectivity index (χ0) is 17.2. The third kappa shape index (κ3) is 4.39. The van der Waals surface area contributed by atoms with E-state index in [1.165, 1.54) is 12.1 Å². The molecule has 0 radical (unpaired) electrons. The third-order valence-electron chi connectivity index (χ3n) is 3.04. The Hall–Kier alpha value is -2.21. The molecule has 0 aliphatic rings. The van der Waals surface area contributed by atoms with Crippen molar-refractivity contribution in [3.8, 4) is 5.75 Å². The predicted octanol–water partition coefficient (Wildman–Crippen LogP) is 4.94. The highest BCUT2D eigenvalue weighted by atomic mass is 35.5. The first kappa shape index (κ1) is 17.1. The van der Waals surface area contributed by atoms with Gasteiger partial charge in [0.25, 0.3) is 0 Å². The highest BCUT2D eigenvalue weighted by Gasteiger charge is 2.31. The summed E-state index contributed by atoms with van der Waals surface area (Å²) in [5.41, 5.74) is 0.570. The molecule has 2 aromatic carbocycles. The zero-order valence-corrected chi connectivity index (χ0v) is 12.7. The van der Waals surface area contributed by atoms with Gasteiger partial charge in [0.05, 0.1) is 16.1 Å². The van der Waals surface area contributed by atoms with Crippen LogP contribution in [0.25, 0.3) is 0 Å². The Morgan fingerprint density at radius 2 is 1.91 bits per heavy atom. The summed E-state index contributed by atoms with van der Waals surface area (Å²) in [5.74, 6) is -0.972. The monoisotopic (exact) mass is 344 g/mol. The van der Waals surface area contributed by atoms with Crippen LogP contribution in [0, 0.1) is 6.92 Å². The second-order valence-corrected chi connectivity index (χ2v) is 5.35. The maximum Gasteiger partial charge on any atom is 0.416 e. The van der Waals surface area contributed by atoms with Crippen LogP contribution in [-0.2, 0) is 12.8 Å². The average Bonchev–Trinajstić information content (AvgIpc) is 2.44. The number of carbonyl (C=O) groups is 1. The van der Waals surface area contributed by atoms with Gasteiger partial charge in [0.15, 0.2) is 0 Å². The summed E-state index contributed by atoms with van der Waals surface area (Å²) < 4.78 is 43.1. The highest BCUT2D eigenvalue weighted by Crippen LogP contribution is 2.34. The van der Waals surface area contributed by atoms with Gasteiger partial charge in [-0.05, 0) is 48.4 Å². The Morgan fingerprint density at radius 3 is 2.48 bits per heavy atom. The molecule has 2 aromatic rings. The van der Waals surface area contributed by atoms with Crippen LogP contribution in [0.5, 0.6) is 5.75 Å². The predicted molar refractivity (Wildman–Crippen MR) is 78.9 cm³/mol. The minimum absolute atomic E-state index is 0.00690. The van der Waals surface area contributed by atoms with Gasteiger partial charge in [-0.25, -0.2) is 4.79 Å². The summed E-state index contributed by atoms with van der Waals surface area (Å²) >= 11 is 5.80. The molecule has 0 fully saturated rings. The van der Waals surface area contributed by atoms with Crippen molar-refractivity contribution >= 4 is 17.6 Å². The first-order chi connectivity index (χ1) is 10.7. The number of carboxylic acid groups (broad SMARTS) is 1. The fourth-order valence-electron chi connectivity index (χ4n) is 2.02. The molecule has 0 saturated carbocycles. The Bertz CT molecular complexity index is 742. The summed E-state index contributed by atoms with van der Waals surface area (Å²) in [7, 11) is 0. The van der Waals surface area contributed by atoms with Gasteiger partial charge in [-0.15, -0.1) is 0 Å². The Morgan fingerprint density at radius 1 is 1.22 bits per heavy atom. The van der Waals surface area contributed by atoms with Gasteiger partial charge in [0, 0.05) is 0 Å². The minimum Gasteiger partial charge on any atom is -0.487 e. The first-order valence-electron chi connectivity index (χ1n) is 6.50. The molecule has 122 valence electrons. The summed E-state index contributed by atoms with van der Waals surface area (Å²) in [5, 5.41) is 8.84. The van der Waals surface area contributed by atoms with Crippen LogP contribution in [-0.4, -0.2) is 11.1 Å². The fraction of sp³-hybridized carbons (Fsp3) is 0.188. The number of aryl methyl sites for hydroxylation is 1. The summed E-state index contributed by atoms with van der Waals surface area (Å²) in [6.45, 7) is 1.73. The molecule has 3 nitrogen and oxygen atoms in total. The van der Waals surface area contributed by atoms with Crippen molar-refractivity contribution in [3.05, 3.63) is 63.7 Å². The molecule has 0 aliphatic carbocycles. The van der Waals surface area contributed by atoms with E-state index in [1.54, 1.807) is 13.0 Å². The van der Waals surface area contributed by atoms with Gasteiger partial charge in [-0.1, -0.05) is 17.7 Å². The Labute approximate surface area is 135 Å². The van der Waals surface area contributed by atoms with Crippen LogP contribution in [0.2, 0.25) is 5.02 Å². The fourth-order valence-corrected chi connectivity index (χ4v) is 2.26. The SMILES string of the molecule is Cc1cc(COc2ccc(C(F)(F)F)cc2Cl)cc(C(=O)O)c1. The Balaban J connectivity index is 2.17. The van der Waals surface area contributed by atoms with Crippen molar-refractivity contribution in [2.45, 2.75) is 19.7 Å². The van der Waals surface area contributed by atoms with Crippen molar-refractivity contribution in [2.24, 2.45) is 0 Å². The van der Waals surface area contributed by atoms with Crippen molar-refractivity contribution < 1.29 is 27.8 Å². The zero-order valence-electron chi connectivity index (χ0n) is 11.9. The number of rotatable bonds is 4. The van der Waals surface area contributed by atoms with Gasteiger partial charge in [-0.3, -0.25) is 0 Å². The highest BCUT2D eigenvalue weighted by molar-refractivity contribution is 6.32. The summed E-state index contributed by atoms with van der Waals surface area (Å²) in [6.07, 6.45) is -4.48. The van der Waals surface area contributed by atoms with E-state index in [4.69, 9.17) is 21.4 Å². The van der Waals surface area contributed by atoms with Crippen LogP contribution in [0.1, 0.15) is 27.0 Å². The second kappa shape index (κ2) is 6.50. The number of ether oxygens (including phenoxy) is 1. The molecular weight excluding hydrogens is 333 g/mol. The van der Waals surface area contributed by atoms with Crippen LogP contribution < -0.4 is 4.74 Å². The molecule has 0 aliphatic heterocycles. The number of benzene rings is 2. The van der Waals surface area contributed by atoms with Crippen molar-refractivity contribution in [1.29, 1.82) is 0 Å². The number of halogens is 4. The molecule has 0 spiro atoms. The molecule has 2 rings (SSSR count). The Kier molecular flexibility index (Phi) is 4.85. The van der Waals surface area contributed by atoms with Crippen molar-refractivity contribution in [3.63, 3.8) is 0 Å². The molecule has 0 heterocycles. The van der Waals surface area contributed by atoms with E-state index in [2.05, 4.69) is 0 Å². The molecule has 0 unspecified atom stereocenters. The summed E-state index contributed by atoms with van der Waals surface area (Å²) in [6, 6.07) is 7.48. The van der Waals surface area contributed by atoms with Crippen LogP contribution in [0.15, 0.2) is 36.4 Å². The maximum absolute atomic E-state index is 12.6. The van der Waals surface area contributed by atoms with E-state index < -0.39 is 17.7 Å². The van der Waals surface area contributed by atoms with Crippen molar-refractivity contribution in [2.75, 3.05) is 0 Å². The average molecular weight is 345 g/mol. The molecule has 7 heteroatoms. The topological polar surface area (TPSA) is 46.5 Å². The number of carboxylic acids is 1. The smallest absolute Gasteiger partial charge is 0.416 e. The van der Waals surface area contributed by atoms with Gasteiger partial charge in [0.1, 0.15) is 12.4 Å². The van der Waals surface area contributed by atoms with Crippen molar-refractivity contribution in [1.82, 2.24) is 0 Å². The lowest BCUT2D eigenvalue weighted by molar-refractivity contribution is -0.137. The quantitative estimate of drug-likeness (QED) is 0.854. The van der Waals surface area contributed by atoms with Gasteiger partial charge >= 0.3 is 12.1 Å². The molecular formula is C16H12ClF3O3. The third-order valence-corrected chi connectivity index (χ3v) is 3.33. The van der Waals surface area contributed by atoms with Crippen LogP contribution >= 0.6 is 11.6 Å². The van der Waals surface area contributed by atoms with E-state index in [0.717, 1.165) is 23.8 Å². The van der Waals surface area contributed by atoms with Crippen LogP contribution in [0.3, 0.4) is 0 Å². The standard InChI is InChI=1S/C16H12ClF3O3/c1-9-4-10(6-11(5-9)15(21)22)8-23-14-3-2-12(7-13(14)17)16(18,19)20/h2-7H,8H2,1H3,(H,21,22). The van der Waals surface area contributed by atoms with Gasteiger partial charge < -0.3 is 9.84 Å². The van der Waals surface area contributed by atoms with Gasteiger partial charge in [0.2, 0.25) is 0 Å². The van der Waals surface area contributed by atoms with E-state index in [-0.39, 0.29) is 22.9 Å². The number of hydrogen-bond donors (Lipinski definition) is 1. The van der Waals surface area contributed by atoms with E-state index in [1.807, 2.05) is 0 Å². The van der Waals surface area contributed by atoms with E-state index >= 15 is 0 Å². The van der Waals surface area contributed by atoms with Crippen LogP contribution in [0.4, 0.5) is 13.2 Å². The lowest BCUT2D eigenvalue weighted by Gasteiger charge is -2.12. The number of aromatic carboxylic acids is 1. The molecule has 23 heavy (non-hydrogen) atoms. The second-order valence-electron chi connectivity index (χ2n) is 4.94. The molecule has 0 saturated heterocycles. The van der Waals surface area contributed by atoms with E-state index in [9.17, 15) is 18.0 Å². The number of hydrogen-bond acceptors (Lipinski definition) is 2. The van der Waals surface area contributed by atoms with E-state index in [0.29, 0.717) is 5.56 Å². The summed E-state index contributed by atoms with van der Waals surface area (Å²) in [4.78, 5) is 11.0. The first-order valence-corrected chi connectivity index (χ1v) is 6.88. The van der Waals surface area contributed by atoms with Gasteiger partial charge in [-0.2, -0.15) is 13.2 Å². The molecule has 0 aromatic heterocycles. The molecule has 0 atom stereocenters. The normalized spacial score (nSPS) is 11.3. The maximum atomic E-state index is 12.6. The lowest BCUT2D eigenvalue weighted by atomic mass is 10.1. The number of alkyl halides is 3.